The molecular weight excluding hydrogens is 251 g/mol. The van der Waals surface area contributed by atoms with Crippen LogP contribution in [0.15, 0.2) is 30.5 Å². The molecule has 0 aliphatic rings. The van der Waals surface area contributed by atoms with Crippen LogP contribution in [0.1, 0.15) is 18.5 Å². The molecule has 0 amide bonds. The van der Waals surface area contributed by atoms with Crippen molar-refractivity contribution < 1.29 is 9.31 Å². The van der Waals surface area contributed by atoms with Crippen molar-refractivity contribution >= 4 is 11.5 Å². The van der Waals surface area contributed by atoms with Crippen LogP contribution >= 0.6 is 0 Å². The van der Waals surface area contributed by atoms with Gasteiger partial charge in [0.25, 0.3) is 0 Å². The van der Waals surface area contributed by atoms with E-state index in [-0.39, 0.29) is 23.4 Å². The van der Waals surface area contributed by atoms with Gasteiger partial charge in [-0.1, -0.05) is 12.1 Å². The van der Waals surface area contributed by atoms with E-state index >= 15 is 0 Å². The van der Waals surface area contributed by atoms with Gasteiger partial charge in [0.05, 0.1) is 11.0 Å². The summed E-state index contributed by atoms with van der Waals surface area (Å²) in [5.41, 5.74) is 6.39. The van der Waals surface area contributed by atoms with Gasteiger partial charge < -0.3 is 5.73 Å². The molecule has 1 heterocycles. The van der Waals surface area contributed by atoms with Crippen molar-refractivity contribution in [1.82, 2.24) is 9.78 Å². The summed E-state index contributed by atoms with van der Waals surface area (Å²) in [5, 5.41) is 14.6. The summed E-state index contributed by atoms with van der Waals surface area (Å²) in [6, 6.07) is 5.92. The highest BCUT2D eigenvalue weighted by Gasteiger charge is 2.20. The van der Waals surface area contributed by atoms with E-state index in [1.54, 1.807) is 12.1 Å². The minimum atomic E-state index is -0.566. The molecule has 7 heteroatoms. The van der Waals surface area contributed by atoms with Gasteiger partial charge in [-0.15, -0.1) is 0 Å². The molecule has 0 aliphatic heterocycles. The molecule has 1 atom stereocenters. The Morgan fingerprint density at radius 1 is 1.47 bits per heavy atom. The molecule has 19 heavy (non-hydrogen) atoms. The molecule has 1 aromatic carbocycles. The average Bonchev–Trinajstić information content (AvgIpc) is 2.74. The predicted octanol–water partition coefficient (Wildman–Crippen LogP) is 2.32. The van der Waals surface area contributed by atoms with E-state index in [0.29, 0.717) is 6.42 Å². The molecule has 0 radical (unpaired) electrons. The zero-order valence-corrected chi connectivity index (χ0v) is 10.3. The van der Waals surface area contributed by atoms with Gasteiger partial charge in [0.15, 0.2) is 0 Å². The number of nitro groups is 1. The Morgan fingerprint density at radius 3 is 2.63 bits per heavy atom. The fourth-order valence-corrected chi connectivity index (χ4v) is 1.90. The van der Waals surface area contributed by atoms with Crippen LogP contribution in [0.5, 0.6) is 0 Å². The quantitative estimate of drug-likeness (QED) is 0.678. The molecule has 100 valence electrons. The average molecular weight is 264 g/mol. The van der Waals surface area contributed by atoms with E-state index in [9.17, 15) is 14.5 Å². The van der Waals surface area contributed by atoms with Gasteiger partial charge in [0, 0.05) is 0 Å². The number of benzene rings is 1. The van der Waals surface area contributed by atoms with E-state index in [4.69, 9.17) is 5.73 Å². The molecule has 0 saturated carbocycles. The van der Waals surface area contributed by atoms with Crippen LogP contribution < -0.4 is 5.73 Å². The monoisotopic (exact) mass is 264 g/mol. The lowest BCUT2D eigenvalue weighted by Gasteiger charge is -2.13. The van der Waals surface area contributed by atoms with E-state index in [1.807, 2.05) is 6.92 Å². The number of halogens is 1. The van der Waals surface area contributed by atoms with Gasteiger partial charge in [-0.2, -0.15) is 5.10 Å². The zero-order chi connectivity index (χ0) is 14.0. The molecule has 1 unspecified atom stereocenters. The summed E-state index contributed by atoms with van der Waals surface area (Å²) in [6.07, 6.45) is 1.69. The van der Waals surface area contributed by atoms with Gasteiger partial charge in [-0.3, -0.25) is 10.1 Å². The van der Waals surface area contributed by atoms with Crippen molar-refractivity contribution in [3.05, 3.63) is 52.0 Å². The molecule has 0 fully saturated rings. The lowest BCUT2D eigenvalue weighted by molar-refractivity contribution is -0.384. The lowest BCUT2D eigenvalue weighted by atomic mass is 10.1. The Labute approximate surface area is 108 Å². The van der Waals surface area contributed by atoms with Crippen molar-refractivity contribution in [3.8, 4) is 0 Å². The smallest absolute Gasteiger partial charge is 0.330 e. The number of hydrogen-bond donors (Lipinski definition) is 1. The third-order valence-corrected chi connectivity index (χ3v) is 2.87. The summed E-state index contributed by atoms with van der Waals surface area (Å²) in [4.78, 5) is 10.1. The number of nitrogens with zero attached hydrogens (tertiary/aromatic N) is 3. The Morgan fingerprint density at radius 2 is 2.11 bits per heavy atom. The number of nitrogen functional groups attached to an aromatic ring is 1. The largest absolute Gasteiger partial charge is 0.378 e. The van der Waals surface area contributed by atoms with Crippen LogP contribution in [-0.4, -0.2) is 14.7 Å². The summed E-state index contributed by atoms with van der Waals surface area (Å²) in [6.45, 7) is 1.84. The highest BCUT2D eigenvalue weighted by atomic mass is 19.1. The van der Waals surface area contributed by atoms with Gasteiger partial charge in [-0.05, 0) is 31.0 Å². The Bertz CT molecular complexity index is 594. The topological polar surface area (TPSA) is 87.0 Å². The standard InChI is InChI=1S/C12H13FN4O2/c1-8(6-9-2-4-10(13)5-3-9)16-12(14)11(7-15-16)17(18)19/h2-5,7-8H,6,14H2,1H3. The number of hydrogen-bond acceptors (Lipinski definition) is 4. The molecule has 2 rings (SSSR count). The maximum absolute atomic E-state index is 12.8. The van der Waals surface area contributed by atoms with Crippen LogP contribution in [0.4, 0.5) is 15.9 Å². The maximum atomic E-state index is 12.8. The molecule has 0 bridgehead atoms. The molecule has 0 saturated heterocycles. The van der Waals surface area contributed by atoms with Crippen LogP contribution in [0.3, 0.4) is 0 Å². The molecule has 2 N–H and O–H groups in total. The van der Waals surface area contributed by atoms with Gasteiger partial charge in [-0.25, -0.2) is 9.07 Å². The number of anilines is 1. The van der Waals surface area contributed by atoms with Gasteiger partial charge >= 0.3 is 5.69 Å². The second kappa shape index (κ2) is 5.05. The highest BCUT2D eigenvalue weighted by Crippen LogP contribution is 2.25. The van der Waals surface area contributed by atoms with Crippen molar-refractivity contribution in [2.24, 2.45) is 0 Å². The Balaban J connectivity index is 2.18. The fraction of sp³-hybridized carbons (Fsp3) is 0.250. The van der Waals surface area contributed by atoms with E-state index in [1.165, 1.54) is 16.8 Å². The van der Waals surface area contributed by atoms with Crippen molar-refractivity contribution in [1.29, 1.82) is 0 Å². The molecule has 2 aromatic rings. The SMILES string of the molecule is CC(Cc1ccc(F)cc1)n1ncc([N+](=O)[O-])c1N. The van der Waals surface area contributed by atoms with Crippen molar-refractivity contribution in [2.75, 3.05) is 5.73 Å². The summed E-state index contributed by atoms with van der Waals surface area (Å²) < 4.78 is 14.2. The first-order valence-corrected chi connectivity index (χ1v) is 5.71. The minimum Gasteiger partial charge on any atom is -0.378 e. The van der Waals surface area contributed by atoms with Crippen LogP contribution in [0.25, 0.3) is 0 Å². The first-order valence-electron chi connectivity index (χ1n) is 5.71. The normalized spacial score (nSPS) is 12.3. The van der Waals surface area contributed by atoms with Crippen LogP contribution in [0.2, 0.25) is 0 Å². The fourth-order valence-electron chi connectivity index (χ4n) is 1.90. The molecule has 6 nitrogen and oxygen atoms in total. The Kier molecular flexibility index (Phi) is 3.46. The Hall–Kier alpha value is -2.44. The summed E-state index contributed by atoms with van der Waals surface area (Å²) >= 11 is 0. The molecular formula is C12H13FN4O2. The number of rotatable bonds is 4. The maximum Gasteiger partial charge on any atom is 0.330 e. The van der Waals surface area contributed by atoms with Gasteiger partial charge in [0.2, 0.25) is 5.82 Å². The number of aromatic nitrogens is 2. The second-order valence-corrected chi connectivity index (χ2v) is 4.30. The lowest BCUT2D eigenvalue weighted by Crippen LogP contribution is -2.13. The number of nitrogens with two attached hydrogens (primary N) is 1. The van der Waals surface area contributed by atoms with Crippen molar-refractivity contribution in [2.45, 2.75) is 19.4 Å². The van der Waals surface area contributed by atoms with Crippen LogP contribution in [0, 0.1) is 15.9 Å². The van der Waals surface area contributed by atoms with Crippen LogP contribution in [-0.2, 0) is 6.42 Å². The van der Waals surface area contributed by atoms with E-state index < -0.39 is 4.92 Å². The zero-order valence-electron chi connectivity index (χ0n) is 10.3. The minimum absolute atomic E-state index is 0.0274. The first-order chi connectivity index (χ1) is 8.99. The van der Waals surface area contributed by atoms with Crippen molar-refractivity contribution in [3.63, 3.8) is 0 Å². The highest BCUT2D eigenvalue weighted by molar-refractivity contribution is 5.51. The second-order valence-electron chi connectivity index (χ2n) is 4.30. The third-order valence-electron chi connectivity index (χ3n) is 2.87. The van der Waals surface area contributed by atoms with Gasteiger partial charge in [0.1, 0.15) is 12.0 Å². The van der Waals surface area contributed by atoms with E-state index in [2.05, 4.69) is 5.10 Å². The predicted molar refractivity (Wildman–Crippen MR) is 68.1 cm³/mol. The molecule has 0 spiro atoms. The third kappa shape index (κ3) is 2.70. The summed E-state index contributed by atoms with van der Waals surface area (Å²) in [7, 11) is 0. The summed E-state index contributed by atoms with van der Waals surface area (Å²) in [5.74, 6) is -0.273. The molecule has 0 aliphatic carbocycles. The first kappa shape index (κ1) is 13.0. The van der Waals surface area contributed by atoms with E-state index in [0.717, 1.165) is 11.8 Å². The molecule has 1 aromatic heterocycles.